The average Bonchev–Trinajstić information content (AvgIpc) is 3.00. The van der Waals surface area contributed by atoms with E-state index in [0.717, 1.165) is 44.1 Å². The number of fused-ring (bicyclic) bond motifs is 1. The van der Waals surface area contributed by atoms with Crippen molar-refractivity contribution in [2.45, 2.75) is 33.2 Å². The molecular weight excluding hydrogens is 334 g/mol. The van der Waals surface area contributed by atoms with Crippen LogP contribution in [0.25, 0.3) is 10.8 Å². The highest BCUT2D eigenvalue weighted by molar-refractivity contribution is 5.83. The molecule has 142 valence electrons. The Hall–Kier alpha value is -2.82. The summed E-state index contributed by atoms with van der Waals surface area (Å²) < 4.78 is 2.06. The van der Waals surface area contributed by atoms with Crippen molar-refractivity contribution >= 4 is 16.7 Å². The van der Waals surface area contributed by atoms with Crippen LogP contribution in [0.5, 0.6) is 0 Å². The summed E-state index contributed by atoms with van der Waals surface area (Å²) in [4.78, 5) is 4.31. The Morgan fingerprint density at radius 2 is 1.78 bits per heavy atom. The van der Waals surface area contributed by atoms with Gasteiger partial charge < -0.3 is 10.6 Å². The summed E-state index contributed by atoms with van der Waals surface area (Å²) in [6.07, 6.45) is 1.98. The van der Waals surface area contributed by atoms with Crippen LogP contribution in [-0.4, -0.2) is 35.9 Å². The largest absolute Gasteiger partial charge is 0.356 e. The lowest BCUT2D eigenvalue weighted by atomic mass is 10.1. The Kier molecular flexibility index (Phi) is 6.47. The van der Waals surface area contributed by atoms with Crippen molar-refractivity contribution in [2.75, 3.05) is 20.1 Å². The molecule has 0 aliphatic rings. The van der Waals surface area contributed by atoms with Crippen LogP contribution in [-0.2, 0) is 13.0 Å². The highest BCUT2D eigenvalue weighted by Gasteiger charge is 2.02. The van der Waals surface area contributed by atoms with Crippen LogP contribution in [0.1, 0.15) is 23.4 Å². The maximum Gasteiger partial charge on any atom is 0.190 e. The van der Waals surface area contributed by atoms with E-state index in [4.69, 9.17) is 0 Å². The minimum atomic E-state index is 0.851. The van der Waals surface area contributed by atoms with Gasteiger partial charge in [-0.25, -0.2) is 0 Å². The molecular formula is C22H29N5. The van der Waals surface area contributed by atoms with E-state index in [1.165, 1.54) is 22.0 Å². The van der Waals surface area contributed by atoms with E-state index < -0.39 is 0 Å². The van der Waals surface area contributed by atoms with E-state index in [0.29, 0.717) is 0 Å². The minimum Gasteiger partial charge on any atom is -0.356 e. The summed E-state index contributed by atoms with van der Waals surface area (Å²) in [5.41, 5.74) is 3.62. The second-order valence-electron chi connectivity index (χ2n) is 6.86. The van der Waals surface area contributed by atoms with Gasteiger partial charge in [0.15, 0.2) is 5.96 Å². The van der Waals surface area contributed by atoms with E-state index in [1.807, 2.05) is 14.0 Å². The molecule has 0 saturated heterocycles. The van der Waals surface area contributed by atoms with Crippen LogP contribution in [0.15, 0.2) is 53.5 Å². The number of rotatable bonds is 7. The van der Waals surface area contributed by atoms with Crippen LogP contribution >= 0.6 is 0 Å². The number of aromatic nitrogens is 2. The fourth-order valence-electron chi connectivity index (χ4n) is 3.28. The number of hydrogen-bond acceptors (Lipinski definition) is 2. The quantitative estimate of drug-likeness (QED) is 0.384. The zero-order valence-corrected chi connectivity index (χ0v) is 16.5. The van der Waals surface area contributed by atoms with Crippen LogP contribution in [0.4, 0.5) is 0 Å². The normalized spacial score (nSPS) is 11.7. The molecule has 27 heavy (non-hydrogen) atoms. The molecule has 0 spiro atoms. The number of guanidine groups is 1. The molecule has 0 unspecified atom stereocenters. The van der Waals surface area contributed by atoms with Gasteiger partial charge in [-0.05, 0) is 49.1 Å². The molecule has 2 N–H and O–H groups in total. The molecule has 0 atom stereocenters. The predicted octanol–water partition coefficient (Wildman–Crippen LogP) is 3.45. The summed E-state index contributed by atoms with van der Waals surface area (Å²) >= 11 is 0. The van der Waals surface area contributed by atoms with E-state index in [1.54, 1.807) is 0 Å². The second kappa shape index (κ2) is 9.21. The van der Waals surface area contributed by atoms with Gasteiger partial charge in [-0.3, -0.25) is 9.67 Å². The minimum absolute atomic E-state index is 0.851. The molecule has 0 aliphatic heterocycles. The van der Waals surface area contributed by atoms with Gasteiger partial charge in [-0.1, -0.05) is 42.5 Å². The highest BCUT2D eigenvalue weighted by Crippen LogP contribution is 2.15. The zero-order valence-electron chi connectivity index (χ0n) is 16.5. The molecule has 1 aromatic heterocycles. The predicted molar refractivity (Wildman–Crippen MR) is 113 cm³/mol. The molecule has 1 heterocycles. The monoisotopic (exact) mass is 363 g/mol. The van der Waals surface area contributed by atoms with E-state index in [2.05, 4.69) is 80.9 Å². The number of benzene rings is 2. The molecule has 3 rings (SSSR count). The number of nitrogens with zero attached hydrogens (tertiary/aromatic N) is 3. The number of nitrogens with one attached hydrogen (secondary N) is 2. The first-order valence-electron chi connectivity index (χ1n) is 9.59. The van der Waals surface area contributed by atoms with Gasteiger partial charge in [0.25, 0.3) is 0 Å². The van der Waals surface area contributed by atoms with Crippen molar-refractivity contribution in [3.63, 3.8) is 0 Å². The van der Waals surface area contributed by atoms with Gasteiger partial charge in [0.1, 0.15) is 0 Å². The molecule has 2 aromatic carbocycles. The van der Waals surface area contributed by atoms with Crippen molar-refractivity contribution < 1.29 is 0 Å². The van der Waals surface area contributed by atoms with Crippen LogP contribution in [0, 0.1) is 13.8 Å². The Morgan fingerprint density at radius 3 is 2.52 bits per heavy atom. The smallest absolute Gasteiger partial charge is 0.190 e. The topological polar surface area (TPSA) is 54.2 Å². The molecule has 0 amide bonds. The van der Waals surface area contributed by atoms with Crippen molar-refractivity contribution in [3.05, 3.63) is 65.5 Å². The Balaban J connectivity index is 1.40. The SMILES string of the molecule is CN=C(NCCCn1nc(C)cc1C)NCCc1ccc2ccccc2c1. The third-order valence-corrected chi connectivity index (χ3v) is 4.69. The third kappa shape index (κ3) is 5.33. The summed E-state index contributed by atoms with van der Waals surface area (Å²) in [6, 6.07) is 17.2. The lowest BCUT2D eigenvalue weighted by molar-refractivity contribution is 0.555. The second-order valence-corrected chi connectivity index (χ2v) is 6.86. The van der Waals surface area contributed by atoms with Gasteiger partial charge in [0.05, 0.1) is 5.69 Å². The molecule has 0 fully saturated rings. The Morgan fingerprint density at radius 1 is 1.00 bits per heavy atom. The molecule has 0 saturated carbocycles. The molecule has 5 heteroatoms. The van der Waals surface area contributed by atoms with Crippen molar-refractivity contribution in [1.29, 1.82) is 0 Å². The summed E-state index contributed by atoms with van der Waals surface area (Å²) in [5.74, 6) is 0.851. The Labute approximate surface area is 161 Å². The molecule has 5 nitrogen and oxygen atoms in total. The van der Waals surface area contributed by atoms with Crippen molar-refractivity contribution in [3.8, 4) is 0 Å². The molecule has 3 aromatic rings. The van der Waals surface area contributed by atoms with Crippen molar-refractivity contribution in [1.82, 2.24) is 20.4 Å². The zero-order chi connectivity index (χ0) is 19.1. The molecule has 0 aliphatic carbocycles. The first-order chi connectivity index (χ1) is 13.2. The Bertz CT molecular complexity index is 910. The maximum absolute atomic E-state index is 4.49. The van der Waals surface area contributed by atoms with Gasteiger partial charge in [0, 0.05) is 32.4 Å². The number of aryl methyl sites for hydroxylation is 3. The first-order valence-corrected chi connectivity index (χ1v) is 9.59. The highest BCUT2D eigenvalue weighted by atomic mass is 15.3. The fourth-order valence-corrected chi connectivity index (χ4v) is 3.28. The summed E-state index contributed by atoms with van der Waals surface area (Å²) in [6.45, 7) is 6.77. The van der Waals surface area contributed by atoms with Crippen LogP contribution < -0.4 is 10.6 Å². The fraction of sp³-hybridized carbons (Fsp3) is 0.364. The average molecular weight is 364 g/mol. The van der Waals surface area contributed by atoms with Gasteiger partial charge in [-0.15, -0.1) is 0 Å². The maximum atomic E-state index is 4.49. The molecule has 0 bridgehead atoms. The van der Waals surface area contributed by atoms with Crippen LogP contribution in [0.2, 0.25) is 0 Å². The lowest BCUT2D eigenvalue weighted by Gasteiger charge is -2.12. The van der Waals surface area contributed by atoms with Crippen LogP contribution in [0.3, 0.4) is 0 Å². The van der Waals surface area contributed by atoms with Gasteiger partial charge >= 0.3 is 0 Å². The standard InChI is InChI=1S/C22H29N5/c1-17-15-18(2)27(26-17)14-6-12-24-22(23-3)25-13-11-19-9-10-20-7-4-5-8-21(20)16-19/h4-5,7-10,15-16H,6,11-14H2,1-3H3,(H2,23,24,25). The third-order valence-electron chi connectivity index (χ3n) is 4.69. The van der Waals surface area contributed by atoms with E-state index >= 15 is 0 Å². The van der Waals surface area contributed by atoms with Gasteiger partial charge in [0.2, 0.25) is 0 Å². The number of aliphatic imine (C=N–C) groups is 1. The van der Waals surface area contributed by atoms with E-state index in [-0.39, 0.29) is 0 Å². The van der Waals surface area contributed by atoms with Crippen molar-refractivity contribution in [2.24, 2.45) is 4.99 Å². The number of hydrogen-bond donors (Lipinski definition) is 2. The lowest BCUT2D eigenvalue weighted by Crippen LogP contribution is -2.39. The van der Waals surface area contributed by atoms with Gasteiger partial charge in [-0.2, -0.15) is 5.10 Å². The summed E-state index contributed by atoms with van der Waals surface area (Å²) in [7, 11) is 1.81. The van der Waals surface area contributed by atoms with E-state index in [9.17, 15) is 0 Å². The molecule has 0 radical (unpaired) electrons. The first kappa shape index (κ1) is 19.0. The summed E-state index contributed by atoms with van der Waals surface area (Å²) in [5, 5.41) is 13.9.